The van der Waals surface area contributed by atoms with Crippen molar-refractivity contribution in [1.29, 1.82) is 0 Å². The molecule has 0 bridgehead atoms. The Kier molecular flexibility index (Phi) is 6.34. The summed E-state index contributed by atoms with van der Waals surface area (Å²) in [7, 11) is 0. The highest BCUT2D eigenvalue weighted by Gasteiger charge is 2.21. The number of rotatable bonds is 4. The second kappa shape index (κ2) is 11.6. The van der Waals surface area contributed by atoms with Gasteiger partial charge in [-0.3, -0.25) is 0 Å². The lowest BCUT2D eigenvalue weighted by molar-refractivity contribution is 0.669. The van der Waals surface area contributed by atoms with Gasteiger partial charge >= 0.3 is 0 Å². The molecule has 3 heteroatoms. The maximum atomic E-state index is 6.63. The van der Waals surface area contributed by atoms with Gasteiger partial charge in [0.2, 0.25) is 0 Å². The first-order valence-corrected chi connectivity index (χ1v) is 18.8. The summed E-state index contributed by atoms with van der Waals surface area (Å²) >= 11 is 0. The molecule has 12 rings (SSSR count). The largest absolute Gasteiger partial charge is 0.456 e. The van der Waals surface area contributed by atoms with E-state index in [0.717, 1.165) is 55.5 Å². The predicted molar refractivity (Wildman–Crippen MR) is 231 cm³/mol. The van der Waals surface area contributed by atoms with E-state index in [2.05, 4.69) is 197 Å². The summed E-state index contributed by atoms with van der Waals surface area (Å²) in [6, 6.07) is 70.3. The van der Waals surface area contributed by atoms with Crippen LogP contribution in [0.25, 0.3) is 110 Å². The van der Waals surface area contributed by atoms with E-state index in [0.29, 0.717) is 0 Å². The molecule has 0 amide bonds. The highest BCUT2D eigenvalue weighted by atomic mass is 16.3. The van der Waals surface area contributed by atoms with Gasteiger partial charge in [0.15, 0.2) is 0 Å². The van der Waals surface area contributed by atoms with Gasteiger partial charge < -0.3 is 13.6 Å². The molecule has 0 spiro atoms. The number of benzene rings is 9. The van der Waals surface area contributed by atoms with Gasteiger partial charge in [-0.1, -0.05) is 127 Å². The summed E-state index contributed by atoms with van der Waals surface area (Å²) in [5, 5.41) is 9.63. The molecule has 256 valence electrons. The Labute approximate surface area is 316 Å². The Bertz CT molecular complexity index is 3490. The minimum Gasteiger partial charge on any atom is -0.456 e. The molecule has 9 aromatic carbocycles. The second-order valence-electron chi connectivity index (χ2n) is 14.5. The molecule has 3 aromatic heterocycles. The Balaban J connectivity index is 1.10. The third-order valence-corrected chi connectivity index (χ3v) is 11.5. The predicted octanol–water partition coefficient (Wildman–Crippen LogP) is 14.3. The molecule has 0 N–H and O–H groups in total. The molecular weight excluding hydrogens is 669 g/mol. The zero-order chi connectivity index (χ0) is 36.0. The lowest BCUT2D eigenvalue weighted by atomic mass is 9.98. The van der Waals surface area contributed by atoms with Crippen LogP contribution in [0, 0.1) is 0 Å². The Morgan fingerprint density at radius 3 is 1.76 bits per heavy atom. The number of fused-ring (bicyclic) bond motifs is 10. The molecule has 0 aliphatic carbocycles. The lowest BCUT2D eigenvalue weighted by Crippen LogP contribution is -1.96. The average Bonchev–Trinajstić information content (AvgIpc) is 3.90. The van der Waals surface area contributed by atoms with Gasteiger partial charge in [0, 0.05) is 32.6 Å². The van der Waals surface area contributed by atoms with Crippen molar-refractivity contribution >= 4 is 76.3 Å². The molecule has 0 radical (unpaired) electrons. The van der Waals surface area contributed by atoms with Crippen molar-refractivity contribution in [1.82, 2.24) is 9.13 Å². The van der Waals surface area contributed by atoms with Gasteiger partial charge in [-0.25, -0.2) is 0 Å². The van der Waals surface area contributed by atoms with Gasteiger partial charge in [-0.2, -0.15) is 0 Å². The van der Waals surface area contributed by atoms with Crippen molar-refractivity contribution in [2.75, 3.05) is 0 Å². The topological polar surface area (TPSA) is 23.0 Å². The smallest absolute Gasteiger partial charge is 0.138 e. The molecule has 0 fully saturated rings. The zero-order valence-electron chi connectivity index (χ0n) is 29.8. The highest BCUT2D eigenvalue weighted by Crippen LogP contribution is 2.43. The minimum atomic E-state index is 0.881. The first-order chi connectivity index (χ1) is 27.3. The van der Waals surface area contributed by atoms with Crippen molar-refractivity contribution in [2.45, 2.75) is 0 Å². The summed E-state index contributed by atoms with van der Waals surface area (Å²) in [6.45, 7) is 0. The Morgan fingerprint density at radius 2 is 0.909 bits per heavy atom. The molecule has 0 aliphatic heterocycles. The van der Waals surface area contributed by atoms with E-state index >= 15 is 0 Å². The van der Waals surface area contributed by atoms with Crippen LogP contribution in [0.5, 0.6) is 0 Å². The SMILES string of the molecule is c1ccc(-n2c3ccccc3c3ccc(-c4ccc5c(c4)c4ccccc4n5-c4cc(-c5ccc6ccccc6c5)cc5oc6ccccc6c45)cc32)cc1. The van der Waals surface area contributed by atoms with Crippen molar-refractivity contribution in [3.63, 3.8) is 0 Å². The maximum absolute atomic E-state index is 6.63. The summed E-state index contributed by atoms with van der Waals surface area (Å²) in [5.74, 6) is 0. The fourth-order valence-electron chi connectivity index (χ4n) is 8.96. The summed E-state index contributed by atoms with van der Waals surface area (Å²) in [6.07, 6.45) is 0. The Hall–Kier alpha value is -7.36. The molecule has 3 nitrogen and oxygen atoms in total. The monoisotopic (exact) mass is 700 g/mol. The van der Waals surface area contributed by atoms with Gasteiger partial charge in [0.25, 0.3) is 0 Å². The van der Waals surface area contributed by atoms with Gasteiger partial charge in [-0.05, 0) is 99.8 Å². The number of hydrogen-bond acceptors (Lipinski definition) is 1. The third kappa shape index (κ3) is 4.50. The first-order valence-electron chi connectivity index (χ1n) is 18.8. The fraction of sp³-hybridized carbons (Fsp3) is 0. The average molecular weight is 701 g/mol. The normalized spacial score (nSPS) is 12.0. The number of hydrogen-bond donors (Lipinski definition) is 0. The van der Waals surface area contributed by atoms with E-state index in [4.69, 9.17) is 4.42 Å². The van der Waals surface area contributed by atoms with Crippen LogP contribution in [0.15, 0.2) is 199 Å². The van der Waals surface area contributed by atoms with E-state index in [1.165, 1.54) is 54.5 Å². The standard InChI is InChI=1S/C52H32N2O/c1-2-14-39(15-3-1)53-45-19-9-6-16-40(45)42-26-24-37(30-48(42)53)36-25-27-47-44(29-36)41-17-7-10-20-46(41)54(47)49-31-38(35-23-22-33-12-4-5-13-34(33)28-35)32-51-52(49)43-18-8-11-21-50(43)55-51/h1-32H. The minimum absolute atomic E-state index is 0.881. The van der Waals surface area contributed by atoms with Crippen molar-refractivity contribution in [2.24, 2.45) is 0 Å². The van der Waals surface area contributed by atoms with Crippen molar-refractivity contribution in [3.8, 4) is 33.6 Å². The van der Waals surface area contributed by atoms with Crippen LogP contribution in [0.1, 0.15) is 0 Å². The lowest BCUT2D eigenvalue weighted by Gasteiger charge is -2.13. The van der Waals surface area contributed by atoms with Crippen LogP contribution in [0.4, 0.5) is 0 Å². The van der Waals surface area contributed by atoms with E-state index in [-0.39, 0.29) is 0 Å². The number of aromatic nitrogens is 2. The molecule has 55 heavy (non-hydrogen) atoms. The van der Waals surface area contributed by atoms with Crippen LogP contribution in [0.3, 0.4) is 0 Å². The molecule has 0 unspecified atom stereocenters. The molecular formula is C52H32N2O. The van der Waals surface area contributed by atoms with E-state index in [1.54, 1.807) is 0 Å². The van der Waals surface area contributed by atoms with Crippen molar-refractivity contribution in [3.05, 3.63) is 194 Å². The second-order valence-corrected chi connectivity index (χ2v) is 14.5. The van der Waals surface area contributed by atoms with Gasteiger partial charge in [0.1, 0.15) is 11.2 Å². The van der Waals surface area contributed by atoms with E-state index in [1.807, 2.05) is 6.07 Å². The molecule has 0 saturated heterocycles. The highest BCUT2D eigenvalue weighted by molar-refractivity contribution is 6.16. The van der Waals surface area contributed by atoms with Crippen LogP contribution >= 0.6 is 0 Å². The summed E-state index contributed by atoms with van der Waals surface area (Å²) in [5.41, 5.74) is 13.4. The molecule has 0 atom stereocenters. The van der Waals surface area contributed by atoms with E-state index in [9.17, 15) is 0 Å². The molecule has 3 heterocycles. The molecule has 0 aliphatic rings. The van der Waals surface area contributed by atoms with Gasteiger partial charge in [-0.15, -0.1) is 0 Å². The molecule has 12 aromatic rings. The zero-order valence-corrected chi connectivity index (χ0v) is 29.8. The quantitative estimate of drug-likeness (QED) is 0.179. The first kappa shape index (κ1) is 30.1. The van der Waals surface area contributed by atoms with Gasteiger partial charge in [0.05, 0.1) is 33.1 Å². The maximum Gasteiger partial charge on any atom is 0.138 e. The fourth-order valence-corrected chi connectivity index (χ4v) is 8.96. The summed E-state index contributed by atoms with van der Waals surface area (Å²) in [4.78, 5) is 0. The molecule has 0 saturated carbocycles. The number of para-hydroxylation sites is 4. The summed E-state index contributed by atoms with van der Waals surface area (Å²) < 4.78 is 11.5. The van der Waals surface area contributed by atoms with Crippen LogP contribution in [-0.2, 0) is 0 Å². The van der Waals surface area contributed by atoms with Crippen LogP contribution in [-0.4, -0.2) is 9.13 Å². The van der Waals surface area contributed by atoms with Crippen LogP contribution < -0.4 is 0 Å². The number of nitrogens with zero attached hydrogens (tertiary/aromatic N) is 2. The van der Waals surface area contributed by atoms with E-state index < -0.39 is 0 Å². The van der Waals surface area contributed by atoms with Crippen LogP contribution in [0.2, 0.25) is 0 Å². The number of furan rings is 1. The third-order valence-electron chi connectivity index (χ3n) is 11.5. The Morgan fingerprint density at radius 1 is 0.309 bits per heavy atom. The van der Waals surface area contributed by atoms with Crippen molar-refractivity contribution < 1.29 is 4.42 Å².